The molecule has 30 heavy (non-hydrogen) atoms. The van der Waals surface area contributed by atoms with Crippen LogP contribution in [-0.4, -0.2) is 31.2 Å². The van der Waals surface area contributed by atoms with Gasteiger partial charge in [-0.3, -0.25) is 9.89 Å². The Hall–Kier alpha value is -3.46. The third-order valence-electron chi connectivity index (χ3n) is 4.37. The number of carbonyl (C=O) groups excluding carboxylic acids is 1. The van der Waals surface area contributed by atoms with Gasteiger partial charge in [-0.1, -0.05) is 29.1 Å². The molecule has 0 bridgehead atoms. The molecule has 9 heteroatoms. The Kier molecular flexibility index (Phi) is 5.89. The molecule has 1 amide bonds. The van der Waals surface area contributed by atoms with E-state index in [1.54, 1.807) is 11.8 Å². The number of aromatic nitrogens is 5. The number of aromatic amines is 1. The molecule has 0 spiro atoms. The first-order valence-electron chi connectivity index (χ1n) is 9.40. The van der Waals surface area contributed by atoms with Gasteiger partial charge in [-0.15, -0.1) is 0 Å². The van der Waals surface area contributed by atoms with Crippen LogP contribution in [0.4, 0.5) is 5.69 Å². The first kappa shape index (κ1) is 19.8. The van der Waals surface area contributed by atoms with Gasteiger partial charge in [-0.2, -0.15) is 10.1 Å². The van der Waals surface area contributed by atoms with Gasteiger partial charge in [0.25, 0.3) is 0 Å². The minimum absolute atomic E-state index is 0.121. The molecule has 0 aliphatic carbocycles. The van der Waals surface area contributed by atoms with Gasteiger partial charge >= 0.3 is 0 Å². The number of nitrogens with zero attached hydrogens (tertiary/aromatic N) is 4. The van der Waals surface area contributed by atoms with E-state index >= 15 is 0 Å². The summed E-state index contributed by atoms with van der Waals surface area (Å²) < 4.78 is 5.15. The van der Waals surface area contributed by atoms with Gasteiger partial charge in [0.1, 0.15) is 6.33 Å². The normalized spacial score (nSPS) is 10.9. The first-order valence-corrected chi connectivity index (χ1v) is 10.2. The zero-order chi connectivity index (χ0) is 20.9. The Morgan fingerprint density at radius 2 is 2.00 bits per heavy atom. The molecule has 0 saturated carbocycles. The number of anilines is 1. The van der Waals surface area contributed by atoms with Crippen LogP contribution in [0.2, 0.25) is 0 Å². The van der Waals surface area contributed by atoms with Gasteiger partial charge in [0.05, 0.1) is 0 Å². The lowest BCUT2D eigenvalue weighted by Gasteiger charge is -2.08. The highest BCUT2D eigenvalue weighted by Crippen LogP contribution is 2.31. The highest BCUT2D eigenvalue weighted by atomic mass is 32.2. The lowest BCUT2D eigenvalue weighted by Crippen LogP contribution is -2.12. The van der Waals surface area contributed by atoms with Crippen molar-refractivity contribution in [2.45, 2.75) is 36.5 Å². The second-order valence-corrected chi connectivity index (χ2v) is 7.90. The van der Waals surface area contributed by atoms with E-state index in [-0.39, 0.29) is 12.3 Å². The average molecular weight is 420 g/mol. The van der Waals surface area contributed by atoms with E-state index in [9.17, 15) is 4.79 Å². The molecule has 0 radical (unpaired) electrons. The van der Waals surface area contributed by atoms with E-state index in [1.807, 2.05) is 24.3 Å². The molecule has 4 aromatic rings. The molecule has 0 saturated heterocycles. The molecule has 2 aromatic heterocycles. The van der Waals surface area contributed by atoms with Crippen LogP contribution in [0, 0.1) is 13.8 Å². The quantitative estimate of drug-likeness (QED) is 0.461. The molecule has 2 aromatic carbocycles. The molecule has 0 aliphatic heterocycles. The SMILES string of the molecule is Cc1ccc(C)c(Sc2ccc(NC(=O)CCc3nc(-c4ncn[nH]4)no3)cc2)c1. The number of rotatable bonds is 7. The molecular formula is C21H20N6O2S. The van der Waals surface area contributed by atoms with Crippen LogP contribution in [-0.2, 0) is 11.2 Å². The molecule has 0 atom stereocenters. The van der Waals surface area contributed by atoms with Crippen molar-refractivity contribution in [3.8, 4) is 11.6 Å². The van der Waals surface area contributed by atoms with Gasteiger partial charge in [0, 0.05) is 28.3 Å². The third kappa shape index (κ3) is 4.93. The average Bonchev–Trinajstić information content (AvgIpc) is 3.42. The van der Waals surface area contributed by atoms with Crippen molar-refractivity contribution in [3.63, 3.8) is 0 Å². The minimum atomic E-state index is -0.121. The molecule has 8 nitrogen and oxygen atoms in total. The van der Waals surface area contributed by atoms with Crippen LogP contribution in [0.15, 0.2) is 63.1 Å². The van der Waals surface area contributed by atoms with E-state index in [2.05, 4.69) is 62.7 Å². The fourth-order valence-corrected chi connectivity index (χ4v) is 3.76. The summed E-state index contributed by atoms with van der Waals surface area (Å²) in [5, 5.41) is 13.1. The number of hydrogen-bond acceptors (Lipinski definition) is 7. The predicted octanol–water partition coefficient (Wildman–Crippen LogP) is 4.19. The largest absolute Gasteiger partial charge is 0.339 e. The minimum Gasteiger partial charge on any atom is -0.339 e. The van der Waals surface area contributed by atoms with Gasteiger partial charge < -0.3 is 9.84 Å². The Morgan fingerprint density at radius 3 is 2.77 bits per heavy atom. The lowest BCUT2D eigenvalue weighted by molar-refractivity contribution is -0.116. The van der Waals surface area contributed by atoms with E-state index in [1.165, 1.54) is 22.3 Å². The summed E-state index contributed by atoms with van der Waals surface area (Å²) in [7, 11) is 0. The molecule has 2 N–H and O–H groups in total. The smallest absolute Gasteiger partial charge is 0.239 e. The van der Waals surface area contributed by atoms with E-state index in [4.69, 9.17) is 4.52 Å². The predicted molar refractivity (Wildman–Crippen MR) is 113 cm³/mol. The number of H-pyrrole nitrogens is 1. The second-order valence-electron chi connectivity index (χ2n) is 6.79. The summed E-state index contributed by atoms with van der Waals surface area (Å²) in [5.41, 5.74) is 3.23. The van der Waals surface area contributed by atoms with Crippen LogP contribution < -0.4 is 5.32 Å². The first-order chi connectivity index (χ1) is 14.6. The number of benzene rings is 2. The zero-order valence-electron chi connectivity index (χ0n) is 16.5. The Labute approximate surface area is 177 Å². The molecule has 0 fully saturated rings. The fourth-order valence-electron chi connectivity index (χ4n) is 2.76. The fraction of sp³-hybridized carbons (Fsp3) is 0.190. The van der Waals surface area contributed by atoms with Crippen LogP contribution >= 0.6 is 11.8 Å². The van der Waals surface area contributed by atoms with Crippen molar-refractivity contribution in [1.29, 1.82) is 0 Å². The van der Waals surface area contributed by atoms with Crippen LogP contribution in [0.5, 0.6) is 0 Å². The van der Waals surface area contributed by atoms with Gasteiger partial charge in [-0.25, -0.2) is 4.98 Å². The summed E-state index contributed by atoms with van der Waals surface area (Å²) in [6.07, 6.45) is 1.94. The molecule has 4 rings (SSSR count). The van der Waals surface area contributed by atoms with Gasteiger partial charge in [-0.05, 0) is 55.3 Å². The molecule has 0 aliphatic rings. The number of nitrogens with one attached hydrogen (secondary N) is 2. The highest BCUT2D eigenvalue weighted by molar-refractivity contribution is 7.99. The zero-order valence-corrected chi connectivity index (χ0v) is 17.4. The standard InChI is InChI=1S/C21H20N6O2S/c1-13-3-4-14(2)17(11-13)30-16-7-5-15(6-8-16)24-18(28)9-10-19-25-21(27-29-19)20-22-12-23-26-20/h3-8,11-12H,9-10H2,1-2H3,(H,24,28)(H,22,23,26). The monoisotopic (exact) mass is 420 g/mol. The summed E-state index contributed by atoms with van der Waals surface area (Å²) >= 11 is 1.71. The molecule has 2 heterocycles. The second kappa shape index (κ2) is 8.91. The van der Waals surface area contributed by atoms with Crippen molar-refractivity contribution in [2.24, 2.45) is 0 Å². The topological polar surface area (TPSA) is 110 Å². The van der Waals surface area contributed by atoms with E-state index in [0.29, 0.717) is 24.0 Å². The van der Waals surface area contributed by atoms with E-state index < -0.39 is 0 Å². The number of carbonyl (C=O) groups is 1. The Bertz CT molecular complexity index is 1140. The summed E-state index contributed by atoms with van der Waals surface area (Å²) in [6, 6.07) is 14.2. The Morgan fingerprint density at radius 1 is 1.17 bits per heavy atom. The Balaban J connectivity index is 1.30. The summed E-state index contributed by atoms with van der Waals surface area (Å²) in [4.78, 5) is 22.8. The lowest BCUT2D eigenvalue weighted by atomic mass is 10.2. The molecule has 0 unspecified atom stereocenters. The maximum absolute atomic E-state index is 12.2. The summed E-state index contributed by atoms with van der Waals surface area (Å²) in [5.74, 6) is 0.995. The third-order valence-corrected chi connectivity index (χ3v) is 5.54. The highest BCUT2D eigenvalue weighted by Gasteiger charge is 2.12. The van der Waals surface area contributed by atoms with Crippen LogP contribution in [0.1, 0.15) is 23.4 Å². The maximum atomic E-state index is 12.2. The maximum Gasteiger partial charge on any atom is 0.239 e. The number of amides is 1. The van der Waals surface area contributed by atoms with Crippen molar-refractivity contribution in [3.05, 3.63) is 65.8 Å². The number of hydrogen-bond donors (Lipinski definition) is 2. The van der Waals surface area contributed by atoms with Crippen molar-refractivity contribution in [1.82, 2.24) is 25.3 Å². The van der Waals surface area contributed by atoms with Crippen molar-refractivity contribution in [2.75, 3.05) is 5.32 Å². The van der Waals surface area contributed by atoms with Crippen LogP contribution in [0.3, 0.4) is 0 Å². The van der Waals surface area contributed by atoms with E-state index in [0.717, 1.165) is 10.6 Å². The van der Waals surface area contributed by atoms with Crippen molar-refractivity contribution < 1.29 is 9.32 Å². The summed E-state index contributed by atoms with van der Waals surface area (Å²) in [6.45, 7) is 4.19. The molecular weight excluding hydrogens is 400 g/mol. The van der Waals surface area contributed by atoms with Crippen molar-refractivity contribution >= 4 is 23.4 Å². The van der Waals surface area contributed by atoms with Gasteiger partial charge in [0.15, 0.2) is 5.82 Å². The van der Waals surface area contributed by atoms with Crippen LogP contribution in [0.25, 0.3) is 11.6 Å². The number of aryl methyl sites for hydroxylation is 3. The molecule has 152 valence electrons. The van der Waals surface area contributed by atoms with Gasteiger partial charge in [0.2, 0.25) is 17.6 Å².